The van der Waals surface area contributed by atoms with E-state index in [1.54, 1.807) is 52.1 Å². The number of hydrogen-bond donors (Lipinski definition) is 0. The summed E-state index contributed by atoms with van der Waals surface area (Å²) in [4.78, 5) is 13.8. The van der Waals surface area contributed by atoms with Gasteiger partial charge in [0.1, 0.15) is 11.4 Å². The predicted octanol–water partition coefficient (Wildman–Crippen LogP) is 4.25. The molecule has 1 aromatic carbocycles. The zero-order valence-corrected chi connectivity index (χ0v) is 16.8. The third-order valence-electron chi connectivity index (χ3n) is 4.55. The lowest BCUT2D eigenvalue weighted by Crippen LogP contribution is -2.40. The smallest absolute Gasteiger partial charge is 0.435 e. The van der Waals surface area contributed by atoms with Gasteiger partial charge in [0.15, 0.2) is 5.69 Å². The van der Waals surface area contributed by atoms with Crippen molar-refractivity contribution in [2.75, 3.05) is 13.7 Å². The first-order chi connectivity index (χ1) is 13.5. The summed E-state index contributed by atoms with van der Waals surface area (Å²) < 4.78 is 52.3. The lowest BCUT2D eigenvalue weighted by Gasteiger charge is -2.30. The Morgan fingerprint density at radius 2 is 1.83 bits per heavy atom. The van der Waals surface area contributed by atoms with Gasteiger partial charge in [0.05, 0.1) is 25.9 Å². The van der Waals surface area contributed by atoms with Crippen LogP contribution >= 0.6 is 0 Å². The van der Waals surface area contributed by atoms with Gasteiger partial charge in [-0.15, -0.1) is 0 Å². The van der Waals surface area contributed by atoms with E-state index in [0.717, 1.165) is 5.56 Å². The number of hydrogen-bond acceptors (Lipinski definition) is 4. The maximum absolute atomic E-state index is 13.5. The van der Waals surface area contributed by atoms with E-state index in [-0.39, 0.29) is 31.6 Å². The van der Waals surface area contributed by atoms with Gasteiger partial charge in [-0.2, -0.15) is 18.3 Å². The average Bonchev–Trinajstić information content (AvgIpc) is 2.99. The number of ether oxygens (including phenoxy) is 2. The fourth-order valence-corrected chi connectivity index (χ4v) is 3.23. The van der Waals surface area contributed by atoms with E-state index in [9.17, 15) is 18.0 Å². The summed E-state index contributed by atoms with van der Waals surface area (Å²) in [7, 11) is 1.54. The van der Waals surface area contributed by atoms with Gasteiger partial charge in [-0.05, 0) is 44.9 Å². The molecule has 1 amide bonds. The Bertz CT molecular complexity index is 883. The third kappa shape index (κ3) is 4.83. The van der Waals surface area contributed by atoms with E-state index < -0.39 is 23.6 Å². The van der Waals surface area contributed by atoms with Gasteiger partial charge < -0.3 is 14.4 Å². The number of alkyl halides is 3. The van der Waals surface area contributed by atoms with Crippen LogP contribution in [0.5, 0.6) is 5.75 Å². The highest BCUT2D eigenvalue weighted by atomic mass is 19.4. The summed E-state index contributed by atoms with van der Waals surface area (Å²) >= 11 is 0. The number of carbonyl (C=O) groups excluding carboxylic acids is 1. The molecule has 0 fully saturated rings. The summed E-state index contributed by atoms with van der Waals surface area (Å²) in [5.41, 5.74) is -0.266. The molecule has 0 aliphatic carbocycles. The van der Waals surface area contributed by atoms with Crippen LogP contribution in [0.4, 0.5) is 18.0 Å². The summed E-state index contributed by atoms with van der Waals surface area (Å²) in [6.45, 7) is 5.56. The van der Waals surface area contributed by atoms with Crippen LogP contribution in [0, 0.1) is 0 Å². The molecule has 1 aliphatic heterocycles. The van der Waals surface area contributed by atoms with Gasteiger partial charge in [-0.3, -0.25) is 4.68 Å². The molecule has 9 heteroatoms. The van der Waals surface area contributed by atoms with E-state index in [2.05, 4.69) is 5.10 Å². The van der Waals surface area contributed by atoms with Gasteiger partial charge >= 0.3 is 12.3 Å². The molecule has 3 rings (SSSR count). The Morgan fingerprint density at radius 1 is 1.17 bits per heavy atom. The minimum atomic E-state index is -4.55. The quantitative estimate of drug-likeness (QED) is 0.758. The lowest BCUT2D eigenvalue weighted by molar-refractivity contribution is -0.142. The zero-order chi connectivity index (χ0) is 21.4. The van der Waals surface area contributed by atoms with Gasteiger partial charge in [0.25, 0.3) is 0 Å². The molecule has 0 atom stereocenters. The topological polar surface area (TPSA) is 56.6 Å². The molecular formula is C20H24F3N3O3. The first-order valence-corrected chi connectivity index (χ1v) is 9.24. The highest BCUT2D eigenvalue weighted by Crippen LogP contribution is 2.35. The van der Waals surface area contributed by atoms with E-state index in [4.69, 9.17) is 9.47 Å². The van der Waals surface area contributed by atoms with E-state index in [1.807, 2.05) is 0 Å². The molecule has 0 unspecified atom stereocenters. The first kappa shape index (κ1) is 21.0. The van der Waals surface area contributed by atoms with Gasteiger partial charge in [-0.25, -0.2) is 4.79 Å². The molecule has 0 saturated carbocycles. The monoisotopic (exact) mass is 411 g/mol. The minimum absolute atomic E-state index is 0.0173. The molecular weight excluding hydrogens is 387 g/mol. The Morgan fingerprint density at radius 3 is 2.38 bits per heavy atom. The fourth-order valence-electron chi connectivity index (χ4n) is 3.23. The Kier molecular flexibility index (Phi) is 5.51. The zero-order valence-electron chi connectivity index (χ0n) is 16.8. The summed E-state index contributed by atoms with van der Waals surface area (Å²) in [5.74, 6) is 0.656. The van der Waals surface area contributed by atoms with Crippen molar-refractivity contribution in [3.05, 3.63) is 46.8 Å². The van der Waals surface area contributed by atoms with Crippen molar-refractivity contribution in [3.8, 4) is 5.75 Å². The molecule has 1 aliphatic rings. The molecule has 2 heterocycles. The number of amides is 1. The Labute approximate surface area is 167 Å². The SMILES string of the molecule is COc1ccc(Cn2nc(C(F)(F)F)c3c2CN(C(=O)OC(C)(C)C)CC3)cc1. The second-order valence-electron chi connectivity index (χ2n) is 7.93. The number of benzene rings is 1. The van der Waals surface area contributed by atoms with Crippen molar-refractivity contribution < 1.29 is 27.4 Å². The highest BCUT2D eigenvalue weighted by Gasteiger charge is 2.41. The van der Waals surface area contributed by atoms with Crippen LogP contribution in [-0.4, -0.2) is 40.0 Å². The number of nitrogens with zero attached hydrogens (tertiary/aromatic N) is 3. The second kappa shape index (κ2) is 7.61. The molecule has 158 valence electrons. The highest BCUT2D eigenvalue weighted by molar-refractivity contribution is 5.68. The van der Waals surface area contributed by atoms with Gasteiger partial charge in [0.2, 0.25) is 0 Å². The van der Waals surface area contributed by atoms with Crippen molar-refractivity contribution in [2.24, 2.45) is 0 Å². The molecule has 2 aromatic rings. The standard InChI is InChI=1S/C20H24F3N3O3/c1-19(2,3)29-18(27)25-10-9-15-16(12-25)26(24-17(15)20(21,22)23)11-13-5-7-14(28-4)8-6-13/h5-8H,9-12H2,1-4H3. The average molecular weight is 411 g/mol. The van der Waals surface area contributed by atoms with Crippen molar-refractivity contribution >= 4 is 6.09 Å². The second-order valence-corrected chi connectivity index (χ2v) is 7.93. The van der Waals surface area contributed by atoms with E-state index >= 15 is 0 Å². The molecule has 6 nitrogen and oxygen atoms in total. The number of carbonyl (C=O) groups is 1. The summed E-state index contributed by atoms with van der Waals surface area (Å²) in [5, 5.41) is 3.85. The predicted molar refractivity (Wildman–Crippen MR) is 99.7 cm³/mol. The van der Waals surface area contributed by atoms with Crippen LogP contribution in [0.3, 0.4) is 0 Å². The molecule has 0 bridgehead atoms. The van der Waals surface area contributed by atoms with Crippen LogP contribution in [0.2, 0.25) is 0 Å². The largest absolute Gasteiger partial charge is 0.497 e. The normalized spacial score (nSPS) is 14.5. The van der Waals surface area contributed by atoms with Crippen LogP contribution in [0.25, 0.3) is 0 Å². The number of aromatic nitrogens is 2. The van der Waals surface area contributed by atoms with Crippen LogP contribution in [0.1, 0.15) is 43.3 Å². The fraction of sp³-hybridized carbons (Fsp3) is 0.500. The molecule has 0 radical (unpaired) electrons. The molecule has 0 N–H and O–H groups in total. The molecule has 0 spiro atoms. The van der Waals surface area contributed by atoms with Crippen molar-refractivity contribution in [3.63, 3.8) is 0 Å². The Balaban J connectivity index is 1.91. The van der Waals surface area contributed by atoms with Crippen molar-refractivity contribution in [1.29, 1.82) is 0 Å². The first-order valence-electron chi connectivity index (χ1n) is 9.24. The van der Waals surface area contributed by atoms with Crippen LogP contribution in [-0.2, 0) is 30.4 Å². The van der Waals surface area contributed by atoms with Gasteiger partial charge in [0, 0.05) is 12.1 Å². The van der Waals surface area contributed by atoms with Crippen LogP contribution in [0.15, 0.2) is 24.3 Å². The maximum Gasteiger partial charge on any atom is 0.435 e. The third-order valence-corrected chi connectivity index (χ3v) is 4.55. The van der Waals surface area contributed by atoms with Crippen LogP contribution < -0.4 is 4.74 Å². The number of rotatable bonds is 3. The lowest BCUT2D eigenvalue weighted by atomic mass is 10.0. The molecule has 0 saturated heterocycles. The van der Waals surface area contributed by atoms with Gasteiger partial charge in [-0.1, -0.05) is 12.1 Å². The number of halogens is 3. The molecule has 29 heavy (non-hydrogen) atoms. The van der Waals surface area contributed by atoms with Crippen molar-refractivity contribution in [2.45, 2.75) is 52.1 Å². The Hall–Kier alpha value is -2.71. The van der Waals surface area contributed by atoms with E-state index in [1.165, 1.54) is 9.58 Å². The van der Waals surface area contributed by atoms with Crippen molar-refractivity contribution in [1.82, 2.24) is 14.7 Å². The van der Waals surface area contributed by atoms with E-state index in [0.29, 0.717) is 11.4 Å². The number of methoxy groups -OCH3 is 1. The summed E-state index contributed by atoms with van der Waals surface area (Å²) in [6.07, 6.45) is -5.02. The minimum Gasteiger partial charge on any atom is -0.497 e. The summed E-state index contributed by atoms with van der Waals surface area (Å²) in [6, 6.07) is 7.02. The maximum atomic E-state index is 13.5. The number of fused-ring (bicyclic) bond motifs is 1. The molecule has 1 aromatic heterocycles.